The summed E-state index contributed by atoms with van der Waals surface area (Å²) in [6.07, 6.45) is -21.4. The molecule has 0 bridgehead atoms. The number of hydrogen-bond acceptors (Lipinski definition) is 23. The van der Waals surface area contributed by atoms with Crippen LogP contribution in [0.3, 0.4) is 0 Å². The number of aliphatic hydroxyl groups is 5. The van der Waals surface area contributed by atoms with Crippen molar-refractivity contribution in [2.24, 2.45) is 11.8 Å². The number of carbonyl (C=O) groups excluding carboxylic acids is 4. The molecule has 7 rings (SSSR count). The van der Waals surface area contributed by atoms with Crippen molar-refractivity contribution < 1.29 is 112 Å². The van der Waals surface area contributed by atoms with Gasteiger partial charge in [0.2, 0.25) is 6.29 Å². The van der Waals surface area contributed by atoms with E-state index in [1.165, 1.54) is 61.0 Å². The molecular weight excluding hydrogens is 1000 g/mol. The third kappa shape index (κ3) is 12.5. The number of Topliss-reactive ketones (excluding diaryl/α,β-unsaturated/α-hetero) is 2. The topological polar surface area (TPSA) is 321 Å². The van der Waals surface area contributed by atoms with Gasteiger partial charge in [0.15, 0.2) is 36.5 Å². The molecule has 0 radical (unpaired) electrons. The summed E-state index contributed by atoms with van der Waals surface area (Å²) in [5.41, 5.74) is -1.53. The van der Waals surface area contributed by atoms with Crippen molar-refractivity contribution in [1.29, 1.82) is 0 Å². The average molecular weight is 1080 g/mol. The van der Waals surface area contributed by atoms with Gasteiger partial charge in [0.1, 0.15) is 65.6 Å². The number of aliphatic hydroxyl groups excluding tert-OH is 4. The van der Waals surface area contributed by atoms with E-state index in [1.807, 2.05) is 0 Å². The van der Waals surface area contributed by atoms with Gasteiger partial charge in [-0.25, -0.2) is 0 Å². The van der Waals surface area contributed by atoms with Crippen LogP contribution in [0, 0.1) is 18.8 Å². The van der Waals surface area contributed by atoms with Crippen LogP contribution in [-0.4, -0.2) is 196 Å². The third-order valence-electron chi connectivity index (χ3n) is 15.1. The Balaban J connectivity index is 1.16. The number of benzene rings is 2. The number of ketones is 2. The first-order chi connectivity index (χ1) is 35.6. The van der Waals surface area contributed by atoms with Crippen molar-refractivity contribution in [3.05, 3.63) is 28.8 Å². The molecule has 21 atom stereocenters. The summed E-state index contributed by atoms with van der Waals surface area (Å²) in [6.45, 7) is 15.4. The molecule has 0 spiro atoms. The van der Waals surface area contributed by atoms with E-state index in [-0.39, 0.29) is 65.3 Å². The third-order valence-corrected chi connectivity index (χ3v) is 15.1. The summed E-state index contributed by atoms with van der Waals surface area (Å²) < 4.78 is 72.0. The molecule has 426 valence electrons. The van der Waals surface area contributed by atoms with Gasteiger partial charge in [-0.3, -0.25) is 19.2 Å². The van der Waals surface area contributed by atoms with E-state index in [0.717, 1.165) is 0 Å². The number of phenols is 2. The minimum absolute atomic E-state index is 0.0430. The smallest absolute Gasteiger partial charge is 0.308 e. The van der Waals surface area contributed by atoms with E-state index >= 15 is 4.79 Å². The Morgan fingerprint density at radius 1 is 0.776 bits per heavy atom. The molecule has 0 aromatic heterocycles. The molecule has 76 heavy (non-hydrogen) atoms. The Labute approximate surface area is 440 Å². The van der Waals surface area contributed by atoms with Crippen LogP contribution in [0.4, 0.5) is 0 Å². The van der Waals surface area contributed by atoms with E-state index in [9.17, 15) is 50.1 Å². The van der Waals surface area contributed by atoms with Gasteiger partial charge in [0.25, 0.3) is 0 Å². The lowest BCUT2D eigenvalue weighted by atomic mass is 9.75. The number of aromatic hydroxyl groups is 2. The normalized spacial score (nSPS) is 37.2. The second kappa shape index (κ2) is 24.0. The average Bonchev–Trinajstić information content (AvgIpc) is 3.32. The Bertz CT molecular complexity index is 2400. The van der Waals surface area contributed by atoms with Crippen LogP contribution in [0.15, 0.2) is 12.1 Å². The van der Waals surface area contributed by atoms with Gasteiger partial charge in [-0.2, -0.15) is 0 Å². The number of esters is 2. The van der Waals surface area contributed by atoms with Crippen LogP contribution in [-0.2, 0) is 72.9 Å². The Morgan fingerprint density at radius 2 is 1.39 bits per heavy atom. The molecule has 5 aliphatic rings. The maximum absolute atomic E-state index is 15.0. The number of ether oxygens (including phenoxy) is 12. The molecule has 4 heterocycles. The fourth-order valence-electron chi connectivity index (χ4n) is 11.1. The van der Waals surface area contributed by atoms with Crippen LogP contribution < -0.4 is 4.74 Å². The number of fused-ring (bicyclic) bond motifs is 2. The molecule has 4 saturated heterocycles. The van der Waals surface area contributed by atoms with Gasteiger partial charge < -0.3 is 92.6 Å². The first-order valence-electron chi connectivity index (χ1n) is 25.9. The van der Waals surface area contributed by atoms with Crippen molar-refractivity contribution in [3.63, 3.8) is 0 Å². The zero-order valence-electron chi connectivity index (χ0n) is 45.0. The maximum atomic E-state index is 15.0. The summed E-state index contributed by atoms with van der Waals surface area (Å²) >= 11 is 0. The number of carbonyl (C=O) groups is 4. The molecule has 4 fully saturated rings. The van der Waals surface area contributed by atoms with Crippen LogP contribution in [0.5, 0.6) is 17.2 Å². The van der Waals surface area contributed by atoms with Gasteiger partial charge in [0.05, 0.1) is 59.6 Å². The summed E-state index contributed by atoms with van der Waals surface area (Å²) in [7, 11) is 2.66. The highest BCUT2D eigenvalue weighted by Gasteiger charge is 2.52. The molecule has 1 aliphatic carbocycles. The minimum atomic E-state index is -1.94. The molecule has 4 aliphatic heterocycles. The SMILES string of the molecule is COC(C(=O)C(O)C(C)O)C1Cc2cc3cc(OC4CC(OC(C)=O)C(OC5CC(O)C(OC)C(C)O5)C(C)O4)c(C)c(O)c3c(O)c2C(=O)C1OC1CC(OC2CC(C)(O)C(OC(=O)C(C)C)C(C)O2)C(O)C(C)O1. The molecular formula is C53H76O23. The minimum Gasteiger partial charge on any atom is -0.507 e. The standard InChI is InChI=1S/C53H76O23/c1-20(2)52(63)76-51-26(8)70-38(19-53(51,10)64)73-33-17-37(67-23(5)43(33)59)75-50-30(49(66-12)46(62)42(58)22(4)54)14-28-13-29-15-32(21(3)41(57)39(29)44(60)40(28)45(50)61)72-36-18-34(71-27(9)55)48(25(7)69-36)74-35-16-31(56)47(65-11)24(6)68-35/h13,15,20,22-26,30-31,33-38,42-43,47-51,54,56-60,64H,14,16-19H2,1-12H3. The Morgan fingerprint density at radius 3 is 2.00 bits per heavy atom. The van der Waals surface area contributed by atoms with E-state index < -0.39 is 169 Å². The molecule has 23 nitrogen and oxygen atoms in total. The predicted octanol–water partition coefficient (Wildman–Crippen LogP) is 2.30. The van der Waals surface area contributed by atoms with Crippen LogP contribution in [0.2, 0.25) is 0 Å². The number of hydrogen-bond donors (Lipinski definition) is 7. The van der Waals surface area contributed by atoms with Crippen LogP contribution in [0.1, 0.15) is 109 Å². The number of phenolic OH excluding ortho intramolecular Hbond substituents is 2. The highest BCUT2D eigenvalue weighted by Crippen LogP contribution is 2.48. The Kier molecular flexibility index (Phi) is 18.8. The van der Waals surface area contributed by atoms with Gasteiger partial charge in [-0.1, -0.05) is 13.8 Å². The lowest BCUT2D eigenvalue weighted by Crippen LogP contribution is -2.59. The largest absolute Gasteiger partial charge is 0.507 e. The van der Waals surface area contributed by atoms with Gasteiger partial charge in [-0.15, -0.1) is 0 Å². The van der Waals surface area contributed by atoms with Crippen molar-refractivity contribution in [2.45, 2.75) is 224 Å². The van der Waals surface area contributed by atoms with E-state index in [0.29, 0.717) is 0 Å². The first-order valence-corrected chi connectivity index (χ1v) is 25.9. The summed E-state index contributed by atoms with van der Waals surface area (Å²) in [6, 6.07) is 3.04. The molecule has 7 N–H and O–H groups in total. The van der Waals surface area contributed by atoms with Crippen molar-refractivity contribution in [1.82, 2.24) is 0 Å². The lowest BCUT2D eigenvalue weighted by Gasteiger charge is -2.46. The highest BCUT2D eigenvalue weighted by atomic mass is 16.7. The second-order valence-electron chi connectivity index (χ2n) is 21.4. The number of rotatable bonds is 17. The van der Waals surface area contributed by atoms with Crippen molar-refractivity contribution in [2.75, 3.05) is 14.2 Å². The summed E-state index contributed by atoms with van der Waals surface area (Å²) in [4.78, 5) is 53.8. The fraction of sp³-hybridized carbons (Fsp3) is 0.736. The zero-order valence-corrected chi connectivity index (χ0v) is 45.0. The molecule has 2 aromatic carbocycles. The van der Waals surface area contributed by atoms with Crippen LogP contribution in [0.25, 0.3) is 10.8 Å². The monoisotopic (exact) mass is 1080 g/mol. The van der Waals surface area contributed by atoms with Crippen molar-refractivity contribution >= 4 is 34.3 Å². The number of methoxy groups -OCH3 is 2. The first kappa shape index (κ1) is 59.5. The lowest BCUT2D eigenvalue weighted by molar-refractivity contribution is -0.322. The van der Waals surface area contributed by atoms with Gasteiger partial charge in [-0.05, 0) is 78.0 Å². The zero-order chi connectivity index (χ0) is 56.0. The van der Waals surface area contributed by atoms with E-state index in [2.05, 4.69) is 0 Å². The van der Waals surface area contributed by atoms with E-state index in [4.69, 9.17) is 56.8 Å². The predicted molar refractivity (Wildman–Crippen MR) is 262 cm³/mol. The fourth-order valence-corrected chi connectivity index (χ4v) is 11.1. The molecule has 0 amide bonds. The van der Waals surface area contributed by atoms with Crippen molar-refractivity contribution in [3.8, 4) is 17.2 Å². The highest BCUT2D eigenvalue weighted by molar-refractivity contribution is 6.11. The quantitative estimate of drug-likeness (QED) is 0.112. The second-order valence-corrected chi connectivity index (χ2v) is 21.4. The summed E-state index contributed by atoms with van der Waals surface area (Å²) in [5, 5.41) is 78.5. The molecule has 0 saturated carbocycles. The van der Waals surface area contributed by atoms with Gasteiger partial charge in [0, 0.05) is 58.3 Å². The molecule has 23 heteroatoms. The molecule has 21 unspecified atom stereocenters. The summed E-state index contributed by atoms with van der Waals surface area (Å²) in [5.74, 6) is -5.64. The molecule has 2 aromatic rings. The Hall–Kier alpha value is -4.18. The van der Waals surface area contributed by atoms with Gasteiger partial charge >= 0.3 is 11.9 Å². The van der Waals surface area contributed by atoms with Crippen LogP contribution >= 0.6 is 0 Å². The van der Waals surface area contributed by atoms with E-state index in [1.54, 1.807) is 34.6 Å². The maximum Gasteiger partial charge on any atom is 0.308 e.